The number of esters is 1. The smallest absolute Gasteiger partial charge is 0.325 e. The van der Waals surface area contributed by atoms with E-state index in [1.165, 1.54) is 16.0 Å². The third kappa shape index (κ3) is 5.30. The van der Waals surface area contributed by atoms with Crippen LogP contribution in [0.15, 0.2) is 5.38 Å². The summed E-state index contributed by atoms with van der Waals surface area (Å²) in [5.41, 5.74) is 2.55. The van der Waals surface area contributed by atoms with E-state index in [9.17, 15) is 9.59 Å². The van der Waals surface area contributed by atoms with E-state index in [1.807, 2.05) is 0 Å². The Labute approximate surface area is 117 Å². The van der Waals surface area contributed by atoms with Crippen molar-refractivity contribution >= 4 is 23.3 Å². The van der Waals surface area contributed by atoms with Crippen molar-refractivity contribution in [2.24, 2.45) is 0 Å². The largest absolute Gasteiger partial charge is 0.465 e. The minimum Gasteiger partial charge on any atom is -0.465 e. The van der Waals surface area contributed by atoms with Gasteiger partial charge in [-0.1, -0.05) is 0 Å². The summed E-state index contributed by atoms with van der Waals surface area (Å²) in [4.78, 5) is 23.7. The van der Waals surface area contributed by atoms with Crippen molar-refractivity contribution in [2.45, 2.75) is 27.2 Å². The molecule has 0 aliphatic heterocycles. The SMILES string of the molecule is CCOC(=O)CNC(=O)NCCc1csc(C)c1C. The molecule has 0 bridgehead atoms. The Morgan fingerprint density at radius 3 is 2.63 bits per heavy atom. The van der Waals surface area contributed by atoms with Crippen molar-refractivity contribution in [3.63, 3.8) is 0 Å². The van der Waals surface area contributed by atoms with E-state index < -0.39 is 5.97 Å². The molecule has 0 fully saturated rings. The molecule has 1 rings (SSSR count). The molecule has 1 aromatic rings. The molecule has 0 radical (unpaired) electrons. The second kappa shape index (κ2) is 7.78. The highest BCUT2D eigenvalue weighted by atomic mass is 32.1. The fourth-order valence-electron chi connectivity index (χ4n) is 1.55. The molecular formula is C13H20N2O3S. The zero-order valence-electron chi connectivity index (χ0n) is 11.5. The number of ether oxygens (including phenoxy) is 1. The number of rotatable bonds is 6. The molecule has 0 atom stereocenters. The van der Waals surface area contributed by atoms with Crippen molar-refractivity contribution in [1.82, 2.24) is 10.6 Å². The summed E-state index contributed by atoms with van der Waals surface area (Å²) >= 11 is 1.72. The van der Waals surface area contributed by atoms with Gasteiger partial charge < -0.3 is 15.4 Å². The third-order valence-electron chi connectivity index (χ3n) is 2.77. The van der Waals surface area contributed by atoms with Gasteiger partial charge in [0.2, 0.25) is 0 Å². The average molecular weight is 284 g/mol. The van der Waals surface area contributed by atoms with Crippen LogP contribution in [-0.4, -0.2) is 31.7 Å². The maximum Gasteiger partial charge on any atom is 0.325 e. The van der Waals surface area contributed by atoms with Gasteiger partial charge in [-0.2, -0.15) is 0 Å². The Bertz CT molecular complexity index is 443. The monoisotopic (exact) mass is 284 g/mol. The average Bonchev–Trinajstić information content (AvgIpc) is 2.69. The molecule has 5 nitrogen and oxygen atoms in total. The van der Waals surface area contributed by atoms with Crippen molar-refractivity contribution in [2.75, 3.05) is 19.7 Å². The van der Waals surface area contributed by atoms with Gasteiger partial charge in [-0.15, -0.1) is 11.3 Å². The fraction of sp³-hybridized carbons (Fsp3) is 0.538. The first-order chi connectivity index (χ1) is 9.04. The molecule has 2 N–H and O–H groups in total. The zero-order valence-corrected chi connectivity index (χ0v) is 12.4. The first-order valence-corrected chi connectivity index (χ1v) is 7.13. The lowest BCUT2D eigenvalue weighted by atomic mass is 10.1. The predicted octanol–water partition coefficient (Wildman–Crippen LogP) is 1.77. The zero-order chi connectivity index (χ0) is 14.3. The number of aryl methyl sites for hydroxylation is 1. The third-order valence-corrected chi connectivity index (χ3v) is 3.83. The van der Waals surface area contributed by atoms with E-state index in [4.69, 9.17) is 4.74 Å². The molecule has 1 heterocycles. The number of amides is 2. The standard InChI is InChI=1S/C13H20N2O3S/c1-4-18-12(16)7-15-13(17)14-6-5-11-8-19-10(3)9(11)2/h8H,4-7H2,1-3H3,(H2,14,15,17). The number of nitrogens with one attached hydrogen (secondary N) is 2. The summed E-state index contributed by atoms with van der Waals surface area (Å²) in [5.74, 6) is -0.429. The molecule has 0 saturated carbocycles. The second-order valence-corrected chi connectivity index (χ2v) is 5.19. The summed E-state index contributed by atoms with van der Waals surface area (Å²) in [6.45, 7) is 6.66. The summed E-state index contributed by atoms with van der Waals surface area (Å²) < 4.78 is 4.70. The van der Waals surface area contributed by atoms with Crippen LogP contribution in [0.4, 0.5) is 4.79 Å². The summed E-state index contributed by atoms with van der Waals surface area (Å²) in [6.07, 6.45) is 0.795. The molecule has 0 aliphatic rings. The number of carbonyl (C=O) groups excluding carboxylic acids is 2. The van der Waals surface area contributed by atoms with E-state index in [1.54, 1.807) is 18.3 Å². The van der Waals surface area contributed by atoms with Crippen molar-refractivity contribution in [3.8, 4) is 0 Å². The summed E-state index contributed by atoms with van der Waals surface area (Å²) in [6, 6.07) is -0.349. The first-order valence-electron chi connectivity index (χ1n) is 6.25. The van der Waals surface area contributed by atoms with Gasteiger partial charge in [-0.3, -0.25) is 4.79 Å². The molecule has 0 saturated heterocycles. The molecular weight excluding hydrogens is 264 g/mol. The number of carbonyl (C=O) groups is 2. The van der Waals surface area contributed by atoms with Gasteiger partial charge in [0.25, 0.3) is 0 Å². The number of urea groups is 1. The summed E-state index contributed by atoms with van der Waals surface area (Å²) in [7, 11) is 0. The van der Waals surface area contributed by atoms with E-state index in [0.29, 0.717) is 13.2 Å². The molecule has 0 aliphatic carbocycles. The Hall–Kier alpha value is -1.56. The van der Waals surface area contributed by atoms with E-state index >= 15 is 0 Å². The van der Waals surface area contributed by atoms with Crippen molar-refractivity contribution < 1.29 is 14.3 Å². The molecule has 0 spiro atoms. The summed E-state index contributed by atoms with van der Waals surface area (Å²) in [5, 5.41) is 7.28. The lowest BCUT2D eigenvalue weighted by Gasteiger charge is -2.07. The van der Waals surface area contributed by atoms with E-state index in [-0.39, 0.29) is 12.6 Å². The Kier molecular flexibility index (Phi) is 6.35. The van der Waals surface area contributed by atoms with Crippen LogP contribution in [0.3, 0.4) is 0 Å². The Morgan fingerprint density at radius 1 is 1.32 bits per heavy atom. The van der Waals surface area contributed by atoms with Crippen LogP contribution < -0.4 is 10.6 Å². The second-order valence-electron chi connectivity index (χ2n) is 4.11. The maximum atomic E-state index is 11.4. The molecule has 0 aromatic carbocycles. The number of hydrogen-bond donors (Lipinski definition) is 2. The lowest BCUT2D eigenvalue weighted by molar-refractivity contribution is -0.141. The van der Waals surface area contributed by atoms with Crippen LogP contribution in [0, 0.1) is 13.8 Å². The fourth-order valence-corrected chi connectivity index (χ4v) is 2.47. The highest BCUT2D eigenvalue weighted by Gasteiger charge is 2.06. The van der Waals surface area contributed by atoms with Crippen LogP contribution in [0.5, 0.6) is 0 Å². The van der Waals surface area contributed by atoms with Crippen LogP contribution >= 0.6 is 11.3 Å². The first kappa shape index (κ1) is 15.5. The normalized spacial score (nSPS) is 10.1. The Balaban J connectivity index is 2.20. The van der Waals surface area contributed by atoms with Crippen LogP contribution in [-0.2, 0) is 16.0 Å². The van der Waals surface area contributed by atoms with E-state index in [2.05, 4.69) is 29.9 Å². The van der Waals surface area contributed by atoms with Gasteiger partial charge in [0, 0.05) is 11.4 Å². The van der Waals surface area contributed by atoms with Crippen molar-refractivity contribution in [1.29, 1.82) is 0 Å². The molecule has 0 unspecified atom stereocenters. The van der Waals surface area contributed by atoms with Crippen molar-refractivity contribution in [3.05, 3.63) is 21.4 Å². The molecule has 106 valence electrons. The molecule has 1 aromatic heterocycles. The minimum absolute atomic E-state index is 0.101. The number of hydrogen-bond acceptors (Lipinski definition) is 4. The molecule has 2 amide bonds. The Morgan fingerprint density at radius 2 is 2.05 bits per heavy atom. The van der Waals surface area contributed by atoms with Gasteiger partial charge in [-0.05, 0) is 43.7 Å². The van der Waals surface area contributed by atoms with E-state index in [0.717, 1.165) is 6.42 Å². The quantitative estimate of drug-likeness (QED) is 0.782. The topological polar surface area (TPSA) is 67.4 Å². The molecule has 19 heavy (non-hydrogen) atoms. The lowest BCUT2D eigenvalue weighted by Crippen LogP contribution is -2.39. The minimum atomic E-state index is -0.429. The maximum absolute atomic E-state index is 11.4. The van der Waals surface area contributed by atoms with Crippen LogP contribution in [0.25, 0.3) is 0 Å². The number of thiophene rings is 1. The van der Waals surface area contributed by atoms with Crippen LogP contribution in [0.2, 0.25) is 0 Å². The highest BCUT2D eigenvalue weighted by Crippen LogP contribution is 2.20. The van der Waals surface area contributed by atoms with Gasteiger partial charge in [0.05, 0.1) is 6.61 Å². The highest BCUT2D eigenvalue weighted by molar-refractivity contribution is 7.10. The van der Waals surface area contributed by atoms with Gasteiger partial charge in [0.1, 0.15) is 6.54 Å². The predicted molar refractivity (Wildman–Crippen MR) is 75.5 cm³/mol. The molecule has 6 heteroatoms. The van der Waals surface area contributed by atoms with Gasteiger partial charge >= 0.3 is 12.0 Å². The van der Waals surface area contributed by atoms with Crippen LogP contribution in [0.1, 0.15) is 22.9 Å². The van der Waals surface area contributed by atoms with Gasteiger partial charge in [-0.25, -0.2) is 4.79 Å². The van der Waals surface area contributed by atoms with Gasteiger partial charge in [0.15, 0.2) is 0 Å².